The van der Waals surface area contributed by atoms with Crippen molar-refractivity contribution in [2.24, 2.45) is 0 Å². The Morgan fingerprint density at radius 2 is 1.63 bits per heavy atom. The largest absolute Gasteiger partial charge is 0.473 e. The van der Waals surface area contributed by atoms with Gasteiger partial charge in [-0.25, -0.2) is 9.59 Å². The summed E-state index contributed by atoms with van der Waals surface area (Å²) in [5.41, 5.74) is 1.29. The van der Waals surface area contributed by atoms with Crippen LogP contribution in [0.5, 0.6) is 0 Å². The number of amides is 1. The van der Waals surface area contributed by atoms with Crippen molar-refractivity contribution in [1.29, 1.82) is 0 Å². The van der Waals surface area contributed by atoms with Gasteiger partial charge < -0.3 is 15.1 Å². The van der Waals surface area contributed by atoms with E-state index in [-0.39, 0.29) is 11.9 Å². The van der Waals surface area contributed by atoms with E-state index >= 15 is 0 Å². The molecule has 2 aromatic rings. The van der Waals surface area contributed by atoms with Crippen molar-refractivity contribution in [3.8, 4) is 0 Å². The van der Waals surface area contributed by atoms with Crippen LogP contribution in [0.4, 0.5) is 5.00 Å². The first-order valence-corrected chi connectivity index (χ1v) is 9.12. The number of hydrogen-bond donors (Lipinski definition) is 2. The van der Waals surface area contributed by atoms with Gasteiger partial charge in [0.2, 0.25) is 5.91 Å². The van der Waals surface area contributed by atoms with Gasteiger partial charge in [0, 0.05) is 26.1 Å². The van der Waals surface area contributed by atoms with Crippen LogP contribution in [-0.4, -0.2) is 52.6 Å². The molecule has 0 aliphatic carbocycles. The predicted octanol–water partition coefficient (Wildman–Crippen LogP) is 2.78. The molecule has 2 rings (SSSR count). The molecule has 2 N–H and O–H groups in total. The lowest BCUT2D eigenvalue weighted by atomic mass is 10.2. The van der Waals surface area contributed by atoms with E-state index in [0.717, 1.165) is 11.5 Å². The molecule has 0 saturated heterocycles. The molecule has 0 spiro atoms. The third-order valence-electron chi connectivity index (χ3n) is 3.81. The van der Waals surface area contributed by atoms with E-state index in [2.05, 4.69) is 43.1 Å². The van der Waals surface area contributed by atoms with Gasteiger partial charge in [-0.3, -0.25) is 9.69 Å². The Hall–Kier alpha value is -2.71. The number of rotatable bonds is 6. The number of aliphatic carboxylic acids is 2. The summed E-state index contributed by atoms with van der Waals surface area (Å²) in [6.45, 7) is 5.38. The number of hydrogen-bond acceptors (Lipinski definition) is 5. The topological polar surface area (TPSA) is 98.2 Å². The maximum absolute atomic E-state index is 11.9. The third kappa shape index (κ3) is 8.02. The van der Waals surface area contributed by atoms with Gasteiger partial charge >= 0.3 is 11.9 Å². The maximum atomic E-state index is 11.9. The highest BCUT2D eigenvalue weighted by Crippen LogP contribution is 2.22. The molecule has 1 amide bonds. The van der Waals surface area contributed by atoms with Crippen molar-refractivity contribution >= 4 is 34.2 Å². The summed E-state index contributed by atoms with van der Waals surface area (Å²) in [5, 5.41) is 17.8. The Balaban J connectivity index is 0.000000527. The predicted molar refractivity (Wildman–Crippen MR) is 105 cm³/mol. The second-order valence-corrected chi connectivity index (χ2v) is 6.87. The number of carbonyl (C=O) groups excluding carboxylic acids is 1. The molecule has 0 saturated carbocycles. The minimum atomic E-state index is -1.82. The van der Waals surface area contributed by atoms with Crippen LogP contribution in [-0.2, 0) is 20.9 Å². The second-order valence-electron chi connectivity index (χ2n) is 5.94. The van der Waals surface area contributed by atoms with Crippen LogP contribution in [0.3, 0.4) is 0 Å². The Kier molecular flexibility index (Phi) is 9.18. The van der Waals surface area contributed by atoms with Crippen LogP contribution < -0.4 is 4.90 Å². The van der Waals surface area contributed by atoms with E-state index in [1.165, 1.54) is 5.56 Å². The molecule has 8 heteroatoms. The third-order valence-corrected chi connectivity index (χ3v) is 4.70. The molecule has 146 valence electrons. The molecule has 1 atom stereocenters. The number of nitrogens with zero attached hydrogens (tertiary/aromatic N) is 2. The summed E-state index contributed by atoms with van der Waals surface area (Å²) < 4.78 is 0. The monoisotopic (exact) mass is 392 g/mol. The highest BCUT2D eigenvalue weighted by Gasteiger charge is 2.18. The van der Waals surface area contributed by atoms with Crippen molar-refractivity contribution in [1.82, 2.24) is 4.90 Å². The zero-order valence-electron chi connectivity index (χ0n) is 15.5. The lowest BCUT2D eigenvalue weighted by molar-refractivity contribution is -0.159. The van der Waals surface area contributed by atoms with Crippen LogP contribution in [0.25, 0.3) is 0 Å². The van der Waals surface area contributed by atoms with Crippen molar-refractivity contribution in [2.75, 3.05) is 18.5 Å². The number of likely N-dealkylation sites (N-methyl/N-ethyl adjacent to an activating group) is 1. The van der Waals surface area contributed by atoms with Crippen LogP contribution in [0.2, 0.25) is 0 Å². The normalized spacial score (nSPS) is 11.3. The molecule has 0 aliphatic heterocycles. The van der Waals surface area contributed by atoms with Gasteiger partial charge in [0.05, 0.1) is 5.00 Å². The fourth-order valence-electron chi connectivity index (χ4n) is 2.23. The van der Waals surface area contributed by atoms with Gasteiger partial charge in [-0.05, 0) is 37.0 Å². The van der Waals surface area contributed by atoms with Gasteiger partial charge in [-0.15, -0.1) is 11.3 Å². The average molecular weight is 392 g/mol. The van der Waals surface area contributed by atoms with E-state index in [1.54, 1.807) is 18.3 Å². The molecule has 7 nitrogen and oxygen atoms in total. The quantitative estimate of drug-likeness (QED) is 0.734. The average Bonchev–Trinajstić information content (AvgIpc) is 3.14. The van der Waals surface area contributed by atoms with Crippen molar-refractivity contribution < 1.29 is 24.6 Å². The lowest BCUT2D eigenvalue weighted by Crippen LogP contribution is -2.41. The van der Waals surface area contributed by atoms with Crippen molar-refractivity contribution in [2.45, 2.75) is 26.4 Å². The Labute approximate surface area is 162 Å². The highest BCUT2D eigenvalue weighted by molar-refractivity contribution is 7.14. The second kappa shape index (κ2) is 11.1. The van der Waals surface area contributed by atoms with Gasteiger partial charge in [0.15, 0.2) is 0 Å². The Morgan fingerprint density at radius 1 is 1.04 bits per heavy atom. The van der Waals surface area contributed by atoms with Gasteiger partial charge in [-0.2, -0.15) is 0 Å². The number of anilines is 1. The van der Waals surface area contributed by atoms with Gasteiger partial charge in [0.1, 0.15) is 0 Å². The summed E-state index contributed by atoms with van der Waals surface area (Å²) in [4.78, 5) is 34.2. The Morgan fingerprint density at radius 3 is 2.07 bits per heavy atom. The molecule has 1 heterocycles. The van der Waals surface area contributed by atoms with Crippen molar-refractivity contribution in [3.05, 3.63) is 53.4 Å². The van der Waals surface area contributed by atoms with E-state index in [1.807, 2.05) is 28.5 Å². The number of carbonyl (C=O) groups is 3. The van der Waals surface area contributed by atoms with Gasteiger partial charge in [0.25, 0.3) is 0 Å². The molecule has 1 aromatic heterocycles. The molecule has 0 bridgehead atoms. The zero-order chi connectivity index (χ0) is 20.4. The number of benzene rings is 1. The summed E-state index contributed by atoms with van der Waals surface area (Å²) in [7, 11) is 2.10. The van der Waals surface area contributed by atoms with E-state index in [0.29, 0.717) is 6.54 Å². The summed E-state index contributed by atoms with van der Waals surface area (Å²) >= 11 is 1.60. The minimum Gasteiger partial charge on any atom is -0.473 e. The highest BCUT2D eigenvalue weighted by atomic mass is 32.1. The van der Waals surface area contributed by atoms with Crippen molar-refractivity contribution in [3.63, 3.8) is 0 Å². The maximum Gasteiger partial charge on any atom is 0.414 e. The summed E-state index contributed by atoms with van der Waals surface area (Å²) in [5.74, 6) is -3.55. The van der Waals surface area contributed by atoms with Crippen LogP contribution >= 0.6 is 11.3 Å². The molecule has 1 unspecified atom stereocenters. The first-order chi connectivity index (χ1) is 12.7. The summed E-state index contributed by atoms with van der Waals surface area (Å²) in [6, 6.07) is 14.7. The fourth-order valence-corrected chi connectivity index (χ4v) is 3.01. The van der Waals surface area contributed by atoms with Crippen LogP contribution in [0.1, 0.15) is 19.4 Å². The fraction of sp³-hybridized carbons (Fsp3) is 0.316. The number of thiophene rings is 1. The number of carboxylic acids is 2. The van der Waals surface area contributed by atoms with Crippen LogP contribution in [0.15, 0.2) is 47.8 Å². The lowest BCUT2D eigenvalue weighted by Gasteiger charge is -2.30. The molecule has 0 radical (unpaired) electrons. The minimum absolute atomic E-state index is 0.0948. The zero-order valence-corrected chi connectivity index (χ0v) is 16.3. The smallest absolute Gasteiger partial charge is 0.414 e. The molecule has 0 fully saturated rings. The van der Waals surface area contributed by atoms with Gasteiger partial charge in [-0.1, -0.05) is 30.3 Å². The SMILES string of the molecule is CC(=O)N(CC(C)N(C)Cc1ccccc1)c1cccs1.O=C(O)C(=O)O. The molecular weight excluding hydrogens is 368 g/mol. The van der Waals surface area contributed by atoms with E-state index < -0.39 is 11.9 Å². The molecular formula is C19H24N2O5S. The van der Waals surface area contributed by atoms with E-state index in [9.17, 15) is 4.79 Å². The summed E-state index contributed by atoms with van der Waals surface area (Å²) in [6.07, 6.45) is 0. The first-order valence-electron chi connectivity index (χ1n) is 8.24. The first kappa shape index (κ1) is 22.3. The number of carboxylic acid groups (broad SMARTS) is 2. The standard InChI is InChI=1S/C17H22N2OS.C2H2O4/c1-14(18(3)13-16-8-5-4-6-9-16)12-19(15(2)20)17-10-7-11-21-17;3-1(4)2(5)6/h4-11,14H,12-13H2,1-3H3;(H,3,4)(H,5,6). The molecule has 1 aromatic carbocycles. The van der Waals surface area contributed by atoms with Crippen LogP contribution in [0, 0.1) is 0 Å². The molecule has 0 aliphatic rings. The molecule has 27 heavy (non-hydrogen) atoms. The van der Waals surface area contributed by atoms with E-state index in [4.69, 9.17) is 19.8 Å². The Bertz CT molecular complexity index is 722.